The molecule has 0 spiro atoms. The monoisotopic (exact) mass is 227 g/mol. The van der Waals surface area contributed by atoms with Crippen LogP contribution in [0.2, 0.25) is 0 Å². The van der Waals surface area contributed by atoms with Crippen molar-refractivity contribution in [3.63, 3.8) is 0 Å². The highest BCUT2D eigenvalue weighted by molar-refractivity contribution is 6.05. The molecule has 0 N–H and O–H groups in total. The van der Waals surface area contributed by atoms with Crippen molar-refractivity contribution in [1.29, 1.82) is 0 Å². The van der Waals surface area contributed by atoms with Crippen molar-refractivity contribution in [3.8, 4) is 0 Å². The molecule has 0 aliphatic rings. The normalized spacial score (nSPS) is 12.8. The van der Waals surface area contributed by atoms with E-state index in [0.717, 1.165) is 11.4 Å². The average Bonchev–Trinajstić information content (AvgIpc) is 2.62. The van der Waals surface area contributed by atoms with Crippen LogP contribution in [-0.4, -0.2) is 23.7 Å². The van der Waals surface area contributed by atoms with Gasteiger partial charge >= 0.3 is 0 Å². The van der Waals surface area contributed by atoms with E-state index >= 15 is 0 Å². The lowest BCUT2D eigenvalue weighted by molar-refractivity contribution is 0.964. The van der Waals surface area contributed by atoms with Crippen molar-refractivity contribution in [2.24, 2.45) is 17.0 Å². The predicted octanol–water partition coefficient (Wildman–Crippen LogP) is 2.95. The van der Waals surface area contributed by atoms with Crippen LogP contribution in [0.5, 0.6) is 0 Å². The zero-order chi connectivity index (χ0) is 12.4. The number of aryl methyl sites for hydroxylation is 2. The van der Waals surface area contributed by atoms with E-state index in [4.69, 9.17) is 0 Å². The van der Waals surface area contributed by atoms with Crippen molar-refractivity contribution in [3.05, 3.63) is 35.5 Å². The van der Waals surface area contributed by atoms with E-state index in [0.29, 0.717) is 0 Å². The number of fused-ring (bicyclic) bond motifs is 1. The van der Waals surface area contributed by atoms with Gasteiger partial charge in [-0.3, -0.25) is 4.99 Å². The van der Waals surface area contributed by atoms with Crippen LogP contribution in [-0.2, 0) is 7.05 Å². The van der Waals surface area contributed by atoms with Crippen LogP contribution in [0.4, 0.5) is 0 Å². The van der Waals surface area contributed by atoms with Crippen molar-refractivity contribution in [2.75, 3.05) is 7.05 Å². The third-order valence-corrected chi connectivity index (χ3v) is 2.91. The molecular weight excluding hydrogens is 210 g/mol. The predicted molar refractivity (Wildman–Crippen MR) is 74.3 cm³/mol. The summed E-state index contributed by atoms with van der Waals surface area (Å²) in [6.45, 7) is 4.02. The Bertz CT molecular complexity index is 603. The fourth-order valence-electron chi connectivity index (χ4n) is 2.11. The Morgan fingerprint density at radius 3 is 2.76 bits per heavy atom. The Kier molecular flexibility index (Phi) is 3.09. The number of benzene rings is 1. The summed E-state index contributed by atoms with van der Waals surface area (Å²) >= 11 is 0. The molecule has 0 atom stereocenters. The van der Waals surface area contributed by atoms with E-state index < -0.39 is 0 Å². The molecule has 1 aromatic heterocycles. The molecule has 0 radical (unpaired) electrons. The van der Waals surface area contributed by atoms with Crippen LogP contribution in [0.25, 0.3) is 10.9 Å². The molecule has 0 saturated heterocycles. The smallest absolute Gasteiger partial charge is 0.153 e. The molecular formula is C14H17N3. The number of amidine groups is 1. The SMILES string of the molecule is CC=NC(=NC)c1ccc2c(c1)c(C)cn2C. The van der Waals surface area contributed by atoms with Crippen LogP contribution in [0, 0.1) is 6.92 Å². The molecule has 1 aromatic carbocycles. The molecule has 17 heavy (non-hydrogen) atoms. The Labute approximate surface area is 102 Å². The lowest BCUT2D eigenvalue weighted by Gasteiger charge is -2.02. The highest BCUT2D eigenvalue weighted by atomic mass is 14.9. The van der Waals surface area contributed by atoms with E-state index in [1.807, 2.05) is 6.92 Å². The van der Waals surface area contributed by atoms with Gasteiger partial charge in [-0.15, -0.1) is 0 Å². The second kappa shape index (κ2) is 4.53. The number of aromatic nitrogens is 1. The largest absolute Gasteiger partial charge is 0.350 e. The third-order valence-electron chi connectivity index (χ3n) is 2.91. The maximum absolute atomic E-state index is 4.27. The number of aliphatic imine (C=N–C) groups is 2. The summed E-state index contributed by atoms with van der Waals surface area (Å²) in [6, 6.07) is 6.34. The van der Waals surface area contributed by atoms with Crippen LogP contribution in [0.3, 0.4) is 0 Å². The van der Waals surface area contributed by atoms with Gasteiger partial charge in [-0.2, -0.15) is 0 Å². The quantitative estimate of drug-likeness (QED) is 0.529. The summed E-state index contributed by atoms with van der Waals surface area (Å²) in [7, 11) is 3.83. The van der Waals surface area contributed by atoms with Gasteiger partial charge in [-0.25, -0.2) is 4.99 Å². The number of hydrogen-bond acceptors (Lipinski definition) is 1. The highest BCUT2D eigenvalue weighted by Gasteiger charge is 2.06. The molecule has 0 fully saturated rings. The molecule has 3 nitrogen and oxygen atoms in total. The Balaban J connectivity index is 2.62. The molecule has 0 bridgehead atoms. The Morgan fingerprint density at radius 1 is 1.35 bits per heavy atom. The lowest BCUT2D eigenvalue weighted by Crippen LogP contribution is -1.97. The van der Waals surface area contributed by atoms with Crippen LogP contribution in [0.15, 0.2) is 34.4 Å². The van der Waals surface area contributed by atoms with E-state index in [1.54, 1.807) is 13.3 Å². The third kappa shape index (κ3) is 2.00. The molecule has 0 saturated carbocycles. The molecule has 2 aromatic rings. The molecule has 1 heterocycles. The highest BCUT2D eigenvalue weighted by Crippen LogP contribution is 2.21. The molecule has 2 rings (SSSR count). The second-order valence-corrected chi connectivity index (χ2v) is 4.09. The van der Waals surface area contributed by atoms with E-state index in [9.17, 15) is 0 Å². The van der Waals surface area contributed by atoms with E-state index in [2.05, 4.69) is 52.9 Å². The first-order chi connectivity index (χ1) is 8.17. The summed E-state index contributed by atoms with van der Waals surface area (Å²) in [4.78, 5) is 8.48. The topological polar surface area (TPSA) is 29.6 Å². The molecule has 3 heteroatoms. The first-order valence-electron chi connectivity index (χ1n) is 5.69. The fraction of sp³-hybridized carbons (Fsp3) is 0.286. The minimum Gasteiger partial charge on any atom is -0.350 e. The van der Waals surface area contributed by atoms with Crippen molar-refractivity contribution >= 4 is 23.0 Å². The van der Waals surface area contributed by atoms with Gasteiger partial charge in [0.05, 0.1) is 0 Å². The van der Waals surface area contributed by atoms with Crippen molar-refractivity contribution in [2.45, 2.75) is 13.8 Å². The number of nitrogens with zero attached hydrogens (tertiary/aromatic N) is 3. The van der Waals surface area contributed by atoms with Gasteiger partial charge in [0, 0.05) is 43.0 Å². The first kappa shape index (κ1) is 11.6. The lowest BCUT2D eigenvalue weighted by atomic mass is 10.1. The molecule has 0 amide bonds. The van der Waals surface area contributed by atoms with Crippen molar-refractivity contribution < 1.29 is 0 Å². The molecule has 0 unspecified atom stereocenters. The molecule has 0 aliphatic carbocycles. The van der Waals surface area contributed by atoms with Gasteiger partial charge < -0.3 is 4.57 Å². The first-order valence-corrected chi connectivity index (χ1v) is 5.69. The van der Waals surface area contributed by atoms with Crippen LogP contribution < -0.4 is 0 Å². The summed E-state index contributed by atoms with van der Waals surface area (Å²) in [6.07, 6.45) is 3.91. The number of rotatable bonds is 1. The zero-order valence-electron chi connectivity index (χ0n) is 10.7. The van der Waals surface area contributed by atoms with Crippen LogP contribution >= 0.6 is 0 Å². The van der Waals surface area contributed by atoms with Crippen LogP contribution in [0.1, 0.15) is 18.1 Å². The summed E-state index contributed by atoms with van der Waals surface area (Å²) in [5.74, 6) is 0.776. The standard InChI is InChI=1S/C14H17N3/c1-5-16-14(15-3)11-6-7-13-12(8-11)10(2)9-17(13)4/h5-9H,1-4H3. The van der Waals surface area contributed by atoms with E-state index in [1.165, 1.54) is 16.5 Å². The minimum atomic E-state index is 0.776. The average molecular weight is 227 g/mol. The summed E-state index contributed by atoms with van der Waals surface area (Å²) < 4.78 is 2.14. The maximum Gasteiger partial charge on any atom is 0.153 e. The maximum atomic E-state index is 4.27. The summed E-state index contributed by atoms with van der Waals surface area (Å²) in [5, 5.41) is 1.26. The zero-order valence-corrected chi connectivity index (χ0v) is 10.7. The van der Waals surface area contributed by atoms with Gasteiger partial charge in [0.2, 0.25) is 0 Å². The Hall–Kier alpha value is -1.90. The number of hydrogen-bond donors (Lipinski definition) is 0. The Morgan fingerprint density at radius 2 is 2.12 bits per heavy atom. The van der Waals surface area contributed by atoms with E-state index in [-0.39, 0.29) is 0 Å². The molecule has 0 aliphatic heterocycles. The van der Waals surface area contributed by atoms with Gasteiger partial charge in [0.1, 0.15) is 0 Å². The summed E-state index contributed by atoms with van der Waals surface area (Å²) in [5.41, 5.74) is 3.58. The van der Waals surface area contributed by atoms with Crippen molar-refractivity contribution in [1.82, 2.24) is 4.57 Å². The second-order valence-electron chi connectivity index (χ2n) is 4.09. The van der Waals surface area contributed by atoms with Gasteiger partial charge in [-0.1, -0.05) is 0 Å². The molecule has 88 valence electrons. The fourth-order valence-corrected chi connectivity index (χ4v) is 2.11. The van der Waals surface area contributed by atoms with Gasteiger partial charge in [0.15, 0.2) is 5.84 Å². The minimum absolute atomic E-state index is 0.776. The van der Waals surface area contributed by atoms with Gasteiger partial charge in [-0.05, 0) is 37.6 Å². The van der Waals surface area contributed by atoms with Gasteiger partial charge in [0.25, 0.3) is 0 Å².